The fourth-order valence-corrected chi connectivity index (χ4v) is 2.78. The number of nitrogens with one attached hydrogen (secondary N) is 2. The van der Waals surface area contributed by atoms with Gasteiger partial charge in [0.15, 0.2) is 6.29 Å². The molecule has 1 rings (SSSR count). The number of rotatable bonds is 10. The third-order valence-corrected chi connectivity index (χ3v) is 4.31. The van der Waals surface area contributed by atoms with Gasteiger partial charge in [0.2, 0.25) is 11.8 Å². The normalized spacial score (nSPS) is 31.2. The quantitative estimate of drug-likeness (QED) is 0.155. The Hall–Kier alpha value is -1.71. The molecule has 1 heterocycles. The number of aldehydes is 1. The van der Waals surface area contributed by atoms with Gasteiger partial charge in [0.25, 0.3) is 0 Å². The smallest absolute Gasteiger partial charge is 0.217 e. The maximum Gasteiger partial charge on any atom is 0.217 e. The highest BCUT2D eigenvalue weighted by Gasteiger charge is 2.45. The van der Waals surface area contributed by atoms with Crippen molar-refractivity contribution in [2.45, 2.75) is 68.8 Å². The van der Waals surface area contributed by atoms with Crippen molar-refractivity contribution in [2.24, 2.45) is 0 Å². The predicted octanol–water partition coefficient (Wildman–Crippen LogP) is -5.27. The zero-order valence-electron chi connectivity index (χ0n) is 15.9. The van der Waals surface area contributed by atoms with Crippen LogP contribution in [0.1, 0.15) is 13.8 Å². The molecule has 13 nitrogen and oxygen atoms in total. The second-order valence-corrected chi connectivity index (χ2v) is 6.68. The summed E-state index contributed by atoms with van der Waals surface area (Å²) in [6, 6.07) is -2.74. The molecule has 9 atom stereocenters. The molecule has 0 aromatic carbocycles. The summed E-state index contributed by atoms with van der Waals surface area (Å²) in [4.78, 5) is 33.3. The summed E-state index contributed by atoms with van der Waals surface area (Å²) in [5.74, 6) is -1.23. The number of carbonyl (C=O) groups is 3. The van der Waals surface area contributed by atoms with Crippen molar-refractivity contribution >= 4 is 18.1 Å². The number of carbonyl (C=O) groups excluding carboxylic acids is 3. The molecular formula is C16H28N2O11. The molecule has 2 amide bonds. The first-order valence-corrected chi connectivity index (χ1v) is 8.81. The molecule has 1 saturated heterocycles. The van der Waals surface area contributed by atoms with Gasteiger partial charge in [-0.15, -0.1) is 0 Å². The van der Waals surface area contributed by atoms with Gasteiger partial charge in [-0.1, -0.05) is 0 Å². The van der Waals surface area contributed by atoms with Gasteiger partial charge in [0.05, 0.1) is 13.2 Å². The standard InChI is InChI=1S/C16H28N2O11/c1-6(21)17-8(3-19)12(24)13(25)9(23)5-28-16-11(18-7(2)22)15(27)14(26)10(4-20)29-16/h3,8-16,20,23-27H,4-5H2,1-2H3,(H,17,21)(H,18,22). The molecular weight excluding hydrogens is 396 g/mol. The number of aliphatic hydroxyl groups excluding tert-OH is 6. The number of hydrogen-bond acceptors (Lipinski definition) is 11. The first-order chi connectivity index (χ1) is 13.5. The Kier molecular flexibility index (Phi) is 10.0. The molecule has 0 saturated carbocycles. The van der Waals surface area contributed by atoms with E-state index < -0.39 is 80.0 Å². The largest absolute Gasteiger partial charge is 0.394 e. The highest BCUT2D eigenvalue weighted by atomic mass is 16.7. The molecule has 1 fully saturated rings. The van der Waals surface area contributed by atoms with Crippen molar-refractivity contribution < 1.29 is 54.5 Å². The average Bonchev–Trinajstić information content (AvgIpc) is 2.67. The molecule has 0 bridgehead atoms. The Bertz CT molecular complexity index is 563. The second-order valence-electron chi connectivity index (χ2n) is 6.68. The zero-order valence-corrected chi connectivity index (χ0v) is 15.9. The van der Waals surface area contributed by atoms with Crippen molar-refractivity contribution in [3.8, 4) is 0 Å². The van der Waals surface area contributed by atoms with E-state index in [2.05, 4.69) is 10.6 Å². The number of aliphatic hydroxyl groups is 6. The summed E-state index contributed by atoms with van der Waals surface area (Å²) in [5, 5.41) is 63.7. The highest BCUT2D eigenvalue weighted by molar-refractivity contribution is 5.77. The van der Waals surface area contributed by atoms with E-state index >= 15 is 0 Å². The summed E-state index contributed by atoms with van der Waals surface area (Å²) < 4.78 is 10.5. The van der Waals surface area contributed by atoms with Gasteiger partial charge < -0.3 is 55.5 Å². The first kappa shape index (κ1) is 25.3. The van der Waals surface area contributed by atoms with E-state index in [1.54, 1.807) is 0 Å². The molecule has 0 spiro atoms. The minimum atomic E-state index is -1.91. The molecule has 13 heteroatoms. The number of hydrogen-bond donors (Lipinski definition) is 8. The van der Waals surface area contributed by atoms with E-state index in [1.807, 2.05) is 0 Å². The van der Waals surface area contributed by atoms with Crippen molar-refractivity contribution in [3.05, 3.63) is 0 Å². The van der Waals surface area contributed by atoms with Crippen LogP contribution in [0.5, 0.6) is 0 Å². The number of ether oxygens (including phenoxy) is 2. The van der Waals surface area contributed by atoms with Gasteiger partial charge in [-0.2, -0.15) is 0 Å². The lowest BCUT2D eigenvalue weighted by molar-refractivity contribution is -0.277. The maximum absolute atomic E-state index is 11.3. The third kappa shape index (κ3) is 6.94. The Labute approximate surface area is 166 Å². The molecule has 0 radical (unpaired) electrons. The third-order valence-electron chi connectivity index (χ3n) is 4.31. The van der Waals surface area contributed by atoms with Gasteiger partial charge in [0.1, 0.15) is 55.0 Å². The van der Waals surface area contributed by atoms with Crippen LogP contribution in [-0.4, -0.2) is 117 Å². The fourth-order valence-electron chi connectivity index (χ4n) is 2.78. The van der Waals surface area contributed by atoms with Crippen molar-refractivity contribution in [2.75, 3.05) is 13.2 Å². The summed E-state index contributed by atoms with van der Waals surface area (Å²) in [6.07, 6.45) is -11.1. The van der Waals surface area contributed by atoms with Gasteiger partial charge in [-0.05, 0) is 0 Å². The summed E-state index contributed by atoms with van der Waals surface area (Å²) in [6.45, 7) is 0.873. The summed E-state index contributed by atoms with van der Waals surface area (Å²) in [7, 11) is 0. The van der Waals surface area contributed by atoms with E-state index in [9.17, 15) is 45.0 Å². The lowest BCUT2D eigenvalue weighted by Gasteiger charge is -2.42. The topological polar surface area (TPSA) is 215 Å². The molecule has 29 heavy (non-hydrogen) atoms. The molecule has 8 N–H and O–H groups in total. The van der Waals surface area contributed by atoms with Crippen LogP contribution < -0.4 is 10.6 Å². The van der Waals surface area contributed by atoms with Crippen LogP contribution in [0.3, 0.4) is 0 Å². The maximum atomic E-state index is 11.3. The minimum Gasteiger partial charge on any atom is -0.394 e. The van der Waals surface area contributed by atoms with E-state index in [0.717, 1.165) is 13.8 Å². The minimum absolute atomic E-state index is 0.184. The van der Waals surface area contributed by atoms with Crippen LogP contribution >= 0.6 is 0 Å². The summed E-state index contributed by atoms with van der Waals surface area (Å²) in [5.41, 5.74) is 0. The van der Waals surface area contributed by atoms with E-state index in [0.29, 0.717) is 0 Å². The number of amides is 2. The SMILES string of the molecule is CC(=O)NC(C=O)C(O)C(O)C(O)COC1OC(CO)C(O)C(O)C1NC(C)=O. The van der Waals surface area contributed by atoms with E-state index in [1.165, 1.54) is 0 Å². The Morgan fingerprint density at radius 2 is 1.72 bits per heavy atom. The van der Waals surface area contributed by atoms with Gasteiger partial charge in [-0.25, -0.2) is 0 Å². The van der Waals surface area contributed by atoms with E-state index in [4.69, 9.17) is 9.47 Å². The van der Waals surface area contributed by atoms with Gasteiger partial charge in [0, 0.05) is 13.8 Å². The lowest BCUT2D eigenvalue weighted by atomic mass is 9.97. The second kappa shape index (κ2) is 11.5. The zero-order chi connectivity index (χ0) is 22.3. The first-order valence-electron chi connectivity index (χ1n) is 8.81. The molecule has 0 aromatic rings. The van der Waals surface area contributed by atoms with Gasteiger partial charge >= 0.3 is 0 Å². The Morgan fingerprint density at radius 1 is 1.10 bits per heavy atom. The molecule has 0 aromatic heterocycles. The fraction of sp³-hybridized carbons (Fsp3) is 0.812. The molecule has 1 aliphatic heterocycles. The average molecular weight is 424 g/mol. The van der Waals surface area contributed by atoms with Crippen molar-refractivity contribution in [3.63, 3.8) is 0 Å². The van der Waals surface area contributed by atoms with Crippen LogP contribution in [0.25, 0.3) is 0 Å². The van der Waals surface area contributed by atoms with Crippen molar-refractivity contribution in [1.82, 2.24) is 10.6 Å². The molecule has 168 valence electrons. The van der Waals surface area contributed by atoms with Crippen LogP contribution in [0, 0.1) is 0 Å². The Balaban J connectivity index is 2.79. The van der Waals surface area contributed by atoms with Crippen LogP contribution in [-0.2, 0) is 23.9 Å². The molecule has 9 unspecified atom stereocenters. The monoisotopic (exact) mass is 424 g/mol. The van der Waals surface area contributed by atoms with E-state index in [-0.39, 0.29) is 6.29 Å². The highest BCUT2D eigenvalue weighted by Crippen LogP contribution is 2.22. The van der Waals surface area contributed by atoms with Crippen LogP contribution in [0.15, 0.2) is 0 Å². The van der Waals surface area contributed by atoms with Crippen molar-refractivity contribution in [1.29, 1.82) is 0 Å². The lowest BCUT2D eigenvalue weighted by Crippen LogP contribution is -2.65. The van der Waals surface area contributed by atoms with Gasteiger partial charge in [-0.3, -0.25) is 9.59 Å². The summed E-state index contributed by atoms with van der Waals surface area (Å²) >= 11 is 0. The molecule has 1 aliphatic rings. The van der Waals surface area contributed by atoms with Crippen LogP contribution in [0.4, 0.5) is 0 Å². The Morgan fingerprint density at radius 3 is 2.21 bits per heavy atom. The molecule has 0 aliphatic carbocycles. The van der Waals surface area contributed by atoms with Crippen LogP contribution in [0.2, 0.25) is 0 Å². The predicted molar refractivity (Wildman–Crippen MR) is 93.0 cm³/mol.